The van der Waals surface area contributed by atoms with Crippen LogP contribution < -0.4 is 9.47 Å². The number of nitrogens with zero attached hydrogens (tertiary/aromatic N) is 1. The minimum atomic E-state index is 0.182. The van der Waals surface area contributed by atoms with E-state index in [1.54, 1.807) is 21.1 Å². The van der Waals surface area contributed by atoms with E-state index in [-0.39, 0.29) is 5.91 Å². The van der Waals surface area contributed by atoms with E-state index in [0.717, 1.165) is 37.4 Å². The summed E-state index contributed by atoms with van der Waals surface area (Å²) in [6.45, 7) is 3.39. The Morgan fingerprint density at radius 1 is 1.25 bits per heavy atom. The Morgan fingerprint density at radius 3 is 2.70 bits per heavy atom. The predicted octanol–water partition coefficient (Wildman–Crippen LogP) is 2.21. The third-order valence-corrected chi connectivity index (χ3v) is 4.74. The van der Waals surface area contributed by atoms with Crippen LogP contribution in [0.5, 0.6) is 11.5 Å². The number of ether oxygens (including phenoxy) is 2. The van der Waals surface area contributed by atoms with Crippen molar-refractivity contribution in [2.45, 2.75) is 25.7 Å². The molecule has 0 bridgehead atoms. The number of hydrogen-bond donors (Lipinski definition) is 0. The molecule has 0 spiro atoms. The molecule has 1 fully saturated rings. The second-order valence-electron chi connectivity index (χ2n) is 5.70. The molecular formula is C16H21NO3. The average Bonchev–Trinajstić information content (AvgIpc) is 2.90. The Bertz CT molecular complexity index is 541. The van der Waals surface area contributed by atoms with Crippen LogP contribution in [0, 0.1) is 5.92 Å². The first-order valence-electron chi connectivity index (χ1n) is 7.15. The molecule has 4 heteroatoms. The lowest BCUT2D eigenvalue weighted by Crippen LogP contribution is -2.25. The van der Waals surface area contributed by atoms with Gasteiger partial charge in [-0.1, -0.05) is 6.07 Å². The highest BCUT2D eigenvalue weighted by Crippen LogP contribution is 2.46. The Labute approximate surface area is 119 Å². The van der Waals surface area contributed by atoms with Gasteiger partial charge in [0.2, 0.25) is 5.91 Å². The number of carbonyl (C=O) groups is 1. The molecule has 2 atom stereocenters. The molecule has 1 saturated heterocycles. The fraction of sp³-hybridized carbons (Fsp3) is 0.562. The minimum absolute atomic E-state index is 0.182. The summed E-state index contributed by atoms with van der Waals surface area (Å²) in [5.74, 6) is 2.88. The maximum atomic E-state index is 11.6. The Balaban J connectivity index is 1.99. The molecule has 0 radical (unpaired) electrons. The molecule has 0 saturated carbocycles. The van der Waals surface area contributed by atoms with Gasteiger partial charge < -0.3 is 14.4 Å². The molecule has 0 aromatic heterocycles. The van der Waals surface area contributed by atoms with Gasteiger partial charge in [0.25, 0.3) is 0 Å². The minimum Gasteiger partial charge on any atom is -0.493 e. The van der Waals surface area contributed by atoms with Gasteiger partial charge in [-0.15, -0.1) is 0 Å². The maximum Gasteiger partial charge on any atom is 0.219 e. The highest BCUT2D eigenvalue weighted by Gasteiger charge is 2.39. The number of amides is 1. The zero-order chi connectivity index (χ0) is 14.3. The third kappa shape index (κ3) is 1.94. The Morgan fingerprint density at radius 2 is 2.05 bits per heavy atom. The summed E-state index contributed by atoms with van der Waals surface area (Å²) in [6.07, 6.45) is 2.12. The van der Waals surface area contributed by atoms with Crippen LogP contribution in [0.4, 0.5) is 0 Å². The maximum absolute atomic E-state index is 11.6. The summed E-state index contributed by atoms with van der Waals surface area (Å²) < 4.78 is 10.9. The van der Waals surface area contributed by atoms with Crippen molar-refractivity contribution in [2.75, 3.05) is 27.3 Å². The molecule has 1 aromatic rings. The van der Waals surface area contributed by atoms with Crippen molar-refractivity contribution in [3.63, 3.8) is 0 Å². The van der Waals surface area contributed by atoms with Crippen LogP contribution in [0.2, 0.25) is 0 Å². The zero-order valence-corrected chi connectivity index (χ0v) is 12.3. The second-order valence-corrected chi connectivity index (χ2v) is 5.70. The lowest BCUT2D eigenvalue weighted by molar-refractivity contribution is -0.127. The second kappa shape index (κ2) is 5.00. The number of hydrogen-bond acceptors (Lipinski definition) is 3. The van der Waals surface area contributed by atoms with E-state index in [1.807, 2.05) is 11.0 Å². The fourth-order valence-corrected chi connectivity index (χ4v) is 3.71. The van der Waals surface area contributed by atoms with E-state index < -0.39 is 0 Å². The molecule has 1 amide bonds. The molecule has 2 unspecified atom stereocenters. The van der Waals surface area contributed by atoms with Crippen molar-refractivity contribution >= 4 is 5.91 Å². The Hall–Kier alpha value is -1.71. The van der Waals surface area contributed by atoms with E-state index in [4.69, 9.17) is 9.47 Å². The lowest BCUT2D eigenvalue weighted by atomic mass is 9.76. The zero-order valence-electron chi connectivity index (χ0n) is 12.3. The predicted molar refractivity (Wildman–Crippen MR) is 76.4 cm³/mol. The number of rotatable bonds is 2. The van der Waals surface area contributed by atoms with Crippen LogP contribution in [0.25, 0.3) is 0 Å². The van der Waals surface area contributed by atoms with Gasteiger partial charge in [-0.05, 0) is 30.4 Å². The molecule has 4 nitrogen and oxygen atoms in total. The molecular weight excluding hydrogens is 254 g/mol. The summed E-state index contributed by atoms with van der Waals surface area (Å²) in [7, 11) is 3.36. The normalized spacial score (nSPS) is 24.1. The van der Waals surface area contributed by atoms with E-state index in [9.17, 15) is 4.79 Å². The quantitative estimate of drug-likeness (QED) is 0.830. The van der Waals surface area contributed by atoms with Crippen LogP contribution in [-0.2, 0) is 11.2 Å². The van der Waals surface area contributed by atoms with Crippen LogP contribution in [0.3, 0.4) is 0 Å². The highest BCUT2D eigenvalue weighted by atomic mass is 16.5. The molecule has 2 aliphatic rings. The van der Waals surface area contributed by atoms with Crippen molar-refractivity contribution in [1.29, 1.82) is 0 Å². The highest BCUT2D eigenvalue weighted by molar-refractivity contribution is 5.74. The molecule has 1 aliphatic heterocycles. The van der Waals surface area contributed by atoms with E-state index in [1.165, 1.54) is 11.1 Å². The number of benzene rings is 1. The summed E-state index contributed by atoms with van der Waals surface area (Å²) in [6, 6.07) is 4.13. The number of methoxy groups -OCH3 is 2. The van der Waals surface area contributed by atoms with E-state index >= 15 is 0 Å². The van der Waals surface area contributed by atoms with Gasteiger partial charge >= 0.3 is 0 Å². The fourth-order valence-electron chi connectivity index (χ4n) is 3.71. The molecule has 1 heterocycles. The van der Waals surface area contributed by atoms with Gasteiger partial charge in [0.1, 0.15) is 0 Å². The smallest absolute Gasteiger partial charge is 0.219 e. The van der Waals surface area contributed by atoms with Crippen molar-refractivity contribution in [3.05, 3.63) is 23.3 Å². The van der Waals surface area contributed by atoms with Gasteiger partial charge in [0.15, 0.2) is 11.5 Å². The number of carbonyl (C=O) groups excluding carboxylic acids is 1. The summed E-state index contributed by atoms with van der Waals surface area (Å²) in [4.78, 5) is 13.6. The third-order valence-electron chi connectivity index (χ3n) is 4.74. The topological polar surface area (TPSA) is 38.8 Å². The van der Waals surface area contributed by atoms with Crippen LogP contribution in [0.1, 0.15) is 30.4 Å². The molecule has 20 heavy (non-hydrogen) atoms. The van der Waals surface area contributed by atoms with Crippen molar-refractivity contribution in [2.24, 2.45) is 5.92 Å². The van der Waals surface area contributed by atoms with Gasteiger partial charge in [-0.2, -0.15) is 0 Å². The molecule has 1 aliphatic carbocycles. The van der Waals surface area contributed by atoms with Crippen LogP contribution in [-0.4, -0.2) is 38.1 Å². The van der Waals surface area contributed by atoms with Crippen molar-refractivity contribution < 1.29 is 14.3 Å². The lowest BCUT2D eigenvalue weighted by Gasteiger charge is -2.29. The Kier molecular flexibility index (Phi) is 3.32. The van der Waals surface area contributed by atoms with Gasteiger partial charge in [-0.3, -0.25) is 4.79 Å². The van der Waals surface area contributed by atoms with Crippen LogP contribution in [0.15, 0.2) is 12.1 Å². The largest absolute Gasteiger partial charge is 0.493 e. The molecule has 108 valence electrons. The first-order valence-corrected chi connectivity index (χ1v) is 7.15. The van der Waals surface area contributed by atoms with Gasteiger partial charge in [0.05, 0.1) is 14.2 Å². The average molecular weight is 275 g/mol. The van der Waals surface area contributed by atoms with Crippen LogP contribution >= 0.6 is 0 Å². The molecule has 0 N–H and O–H groups in total. The molecule has 1 aromatic carbocycles. The SMILES string of the molecule is COc1ccc2c(c1OC)CCC1CN(C(C)=O)CC21. The van der Waals surface area contributed by atoms with Crippen molar-refractivity contribution in [1.82, 2.24) is 4.90 Å². The summed E-state index contributed by atoms with van der Waals surface area (Å²) in [5.41, 5.74) is 2.60. The van der Waals surface area contributed by atoms with Gasteiger partial charge in [0, 0.05) is 31.5 Å². The van der Waals surface area contributed by atoms with Crippen molar-refractivity contribution in [3.8, 4) is 11.5 Å². The monoisotopic (exact) mass is 275 g/mol. The first kappa shape index (κ1) is 13.3. The molecule has 3 rings (SSSR count). The number of fused-ring (bicyclic) bond motifs is 3. The van der Waals surface area contributed by atoms with E-state index in [2.05, 4.69) is 6.07 Å². The summed E-state index contributed by atoms with van der Waals surface area (Å²) >= 11 is 0. The summed E-state index contributed by atoms with van der Waals surface area (Å²) in [5, 5.41) is 0. The van der Waals surface area contributed by atoms with E-state index in [0.29, 0.717) is 11.8 Å². The number of likely N-dealkylation sites (tertiary alicyclic amines) is 1. The standard InChI is InChI=1S/C16H21NO3/c1-10(18)17-8-11-4-5-13-12(14(11)9-17)6-7-15(19-2)16(13)20-3/h6-7,11,14H,4-5,8-9H2,1-3H3. The van der Waals surface area contributed by atoms with Gasteiger partial charge in [-0.25, -0.2) is 0 Å². The first-order chi connectivity index (χ1) is 9.65.